The molecule has 0 aromatic heterocycles. The lowest BCUT2D eigenvalue weighted by Gasteiger charge is -2.22. The highest BCUT2D eigenvalue weighted by Crippen LogP contribution is 2.31. The summed E-state index contributed by atoms with van der Waals surface area (Å²) in [6.45, 7) is 1.48. The summed E-state index contributed by atoms with van der Waals surface area (Å²) in [7, 11) is 0. The molecular formula is C6H9NO6S. The summed E-state index contributed by atoms with van der Waals surface area (Å²) in [5.74, 6) is 0.302. The second kappa shape index (κ2) is 3.93. The summed E-state index contributed by atoms with van der Waals surface area (Å²) in [4.78, 5) is 20.4. The van der Waals surface area contributed by atoms with E-state index in [4.69, 9.17) is 10.2 Å². The largest absolute Gasteiger partial charge is 0.508 e. The molecule has 1 saturated heterocycles. The summed E-state index contributed by atoms with van der Waals surface area (Å²) in [5.41, 5.74) is 0. The van der Waals surface area contributed by atoms with Crippen LogP contribution in [-0.2, 0) is 9.47 Å². The van der Waals surface area contributed by atoms with Crippen LogP contribution in [0, 0.1) is 0 Å². The van der Waals surface area contributed by atoms with E-state index in [1.165, 1.54) is 6.92 Å². The standard InChI is InChI=1S/C6H9NO6S/c1-6(13-5(10)11)7-3(2-14-6)12-4(8)9/h3,7H,2H2,1H3,(H,8,9)(H,10,11)/t3-,6+/m1/s1. The Hall–Kier alpha value is -1.15. The number of nitrogens with one attached hydrogen (secondary N) is 1. The van der Waals surface area contributed by atoms with Crippen molar-refractivity contribution in [3.63, 3.8) is 0 Å². The SMILES string of the molecule is C[C@@]1(OC(=O)O)N[C@H](OC(=O)O)CS1. The molecule has 0 bridgehead atoms. The van der Waals surface area contributed by atoms with Crippen LogP contribution in [0.5, 0.6) is 0 Å². The molecule has 0 saturated carbocycles. The Morgan fingerprint density at radius 2 is 2.14 bits per heavy atom. The summed E-state index contributed by atoms with van der Waals surface area (Å²) in [6, 6.07) is 0. The van der Waals surface area contributed by atoms with Gasteiger partial charge in [0.25, 0.3) is 0 Å². The van der Waals surface area contributed by atoms with Crippen molar-refractivity contribution < 1.29 is 29.3 Å². The lowest BCUT2D eigenvalue weighted by atomic mass is 10.5. The number of hydrogen-bond acceptors (Lipinski definition) is 6. The number of thioether (sulfide) groups is 1. The van der Waals surface area contributed by atoms with Crippen LogP contribution in [-0.4, -0.2) is 39.6 Å². The Morgan fingerprint density at radius 3 is 2.64 bits per heavy atom. The molecule has 0 spiro atoms. The second-order valence-electron chi connectivity index (χ2n) is 2.64. The molecule has 0 amide bonds. The second-order valence-corrected chi connectivity index (χ2v) is 4.04. The molecule has 0 aliphatic carbocycles. The van der Waals surface area contributed by atoms with Crippen LogP contribution in [0.3, 0.4) is 0 Å². The van der Waals surface area contributed by atoms with Crippen LogP contribution in [0.4, 0.5) is 9.59 Å². The molecule has 0 aromatic carbocycles. The zero-order valence-electron chi connectivity index (χ0n) is 7.22. The molecule has 1 fully saturated rings. The molecule has 0 radical (unpaired) electrons. The summed E-state index contributed by atoms with van der Waals surface area (Å²) in [6.07, 6.45) is -3.59. The van der Waals surface area contributed by atoms with Gasteiger partial charge in [-0.15, -0.1) is 0 Å². The average molecular weight is 223 g/mol. The third-order valence-corrected chi connectivity index (χ3v) is 2.68. The zero-order chi connectivity index (χ0) is 10.8. The first-order valence-corrected chi connectivity index (χ1v) is 4.63. The molecular weight excluding hydrogens is 214 g/mol. The van der Waals surface area contributed by atoms with E-state index in [-0.39, 0.29) is 0 Å². The minimum atomic E-state index is -1.43. The Kier molecular flexibility index (Phi) is 3.06. The highest BCUT2D eigenvalue weighted by molar-refractivity contribution is 8.00. The minimum Gasteiger partial charge on any atom is -0.450 e. The van der Waals surface area contributed by atoms with Gasteiger partial charge in [-0.3, -0.25) is 0 Å². The highest BCUT2D eigenvalue weighted by atomic mass is 32.2. The van der Waals surface area contributed by atoms with E-state index in [1.54, 1.807) is 0 Å². The molecule has 7 nitrogen and oxygen atoms in total. The van der Waals surface area contributed by atoms with E-state index < -0.39 is 23.6 Å². The fourth-order valence-electron chi connectivity index (χ4n) is 1.02. The van der Waals surface area contributed by atoms with Crippen molar-refractivity contribution >= 4 is 24.1 Å². The summed E-state index contributed by atoms with van der Waals surface area (Å²) in [5, 5.41) is 18.1. The van der Waals surface area contributed by atoms with Gasteiger partial charge in [0.05, 0.1) is 0 Å². The van der Waals surface area contributed by atoms with E-state index in [1.807, 2.05) is 0 Å². The van der Waals surface area contributed by atoms with Crippen molar-refractivity contribution in [3.05, 3.63) is 0 Å². The maximum atomic E-state index is 10.3. The number of carboxylic acid groups (broad SMARTS) is 2. The average Bonchev–Trinajstić information content (AvgIpc) is 2.28. The lowest BCUT2D eigenvalue weighted by molar-refractivity contribution is -0.00891. The lowest BCUT2D eigenvalue weighted by Crippen LogP contribution is -2.44. The van der Waals surface area contributed by atoms with Crippen LogP contribution in [0.25, 0.3) is 0 Å². The zero-order valence-corrected chi connectivity index (χ0v) is 8.04. The Bertz CT molecular complexity index is 259. The Morgan fingerprint density at radius 1 is 1.50 bits per heavy atom. The van der Waals surface area contributed by atoms with E-state index in [0.29, 0.717) is 5.75 Å². The number of carbonyl (C=O) groups is 2. The highest BCUT2D eigenvalue weighted by Gasteiger charge is 2.40. The van der Waals surface area contributed by atoms with Gasteiger partial charge in [-0.05, 0) is 0 Å². The number of hydrogen-bond donors (Lipinski definition) is 3. The van der Waals surface area contributed by atoms with Crippen molar-refractivity contribution in [1.29, 1.82) is 0 Å². The van der Waals surface area contributed by atoms with Crippen LogP contribution in [0.2, 0.25) is 0 Å². The van der Waals surface area contributed by atoms with Gasteiger partial charge in [0.2, 0.25) is 5.06 Å². The van der Waals surface area contributed by atoms with E-state index in [9.17, 15) is 9.59 Å². The summed E-state index contributed by atoms with van der Waals surface area (Å²) >= 11 is 1.12. The molecule has 1 aliphatic heterocycles. The Labute approximate surface area is 83.4 Å². The van der Waals surface area contributed by atoms with E-state index >= 15 is 0 Å². The third kappa shape index (κ3) is 2.96. The van der Waals surface area contributed by atoms with Crippen molar-refractivity contribution in [2.75, 3.05) is 5.75 Å². The monoisotopic (exact) mass is 223 g/mol. The van der Waals surface area contributed by atoms with Crippen molar-refractivity contribution in [3.8, 4) is 0 Å². The Balaban J connectivity index is 2.46. The van der Waals surface area contributed by atoms with Gasteiger partial charge in [-0.25, -0.2) is 14.9 Å². The van der Waals surface area contributed by atoms with Crippen LogP contribution in [0.15, 0.2) is 0 Å². The first kappa shape index (κ1) is 10.9. The fourth-order valence-corrected chi connectivity index (χ4v) is 1.99. The van der Waals surface area contributed by atoms with Gasteiger partial charge in [0.15, 0.2) is 6.23 Å². The third-order valence-electron chi connectivity index (χ3n) is 1.46. The molecule has 1 aliphatic rings. The normalized spacial score (nSPS) is 31.1. The first-order valence-electron chi connectivity index (χ1n) is 3.64. The van der Waals surface area contributed by atoms with Crippen molar-refractivity contribution in [2.24, 2.45) is 0 Å². The first-order chi connectivity index (χ1) is 6.41. The fraction of sp³-hybridized carbons (Fsp3) is 0.667. The van der Waals surface area contributed by atoms with Crippen LogP contribution >= 0.6 is 11.8 Å². The van der Waals surface area contributed by atoms with Crippen LogP contribution in [0.1, 0.15) is 6.92 Å². The molecule has 0 unspecified atom stereocenters. The molecule has 1 heterocycles. The van der Waals surface area contributed by atoms with Crippen molar-refractivity contribution in [1.82, 2.24) is 5.32 Å². The van der Waals surface area contributed by atoms with E-state index in [0.717, 1.165) is 11.8 Å². The molecule has 8 heteroatoms. The molecule has 0 aromatic rings. The topological polar surface area (TPSA) is 105 Å². The smallest absolute Gasteiger partial charge is 0.450 e. The molecule has 2 atom stereocenters. The molecule has 1 rings (SSSR count). The predicted octanol–water partition coefficient (Wildman–Crippen LogP) is 0.712. The van der Waals surface area contributed by atoms with Gasteiger partial charge in [0, 0.05) is 12.7 Å². The minimum absolute atomic E-state index is 0.302. The summed E-state index contributed by atoms with van der Waals surface area (Å²) < 4.78 is 8.91. The van der Waals surface area contributed by atoms with Gasteiger partial charge in [-0.2, -0.15) is 0 Å². The number of rotatable bonds is 2. The maximum absolute atomic E-state index is 10.3. The predicted molar refractivity (Wildman–Crippen MR) is 46.0 cm³/mol. The van der Waals surface area contributed by atoms with Gasteiger partial charge in [0.1, 0.15) is 0 Å². The van der Waals surface area contributed by atoms with Gasteiger partial charge < -0.3 is 19.7 Å². The molecule has 80 valence electrons. The van der Waals surface area contributed by atoms with Crippen LogP contribution < -0.4 is 5.32 Å². The van der Waals surface area contributed by atoms with Gasteiger partial charge >= 0.3 is 12.3 Å². The van der Waals surface area contributed by atoms with Gasteiger partial charge in [-0.1, -0.05) is 11.8 Å². The quantitative estimate of drug-likeness (QED) is 0.588. The maximum Gasteiger partial charge on any atom is 0.508 e. The van der Waals surface area contributed by atoms with Crippen molar-refractivity contribution in [2.45, 2.75) is 18.2 Å². The number of ether oxygens (including phenoxy) is 2. The molecule has 3 N–H and O–H groups in total. The van der Waals surface area contributed by atoms with E-state index in [2.05, 4.69) is 14.8 Å². The molecule has 14 heavy (non-hydrogen) atoms.